The first-order chi connectivity index (χ1) is 8.67. The molecule has 5 heteroatoms. The zero-order valence-corrected chi connectivity index (χ0v) is 10.8. The SMILES string of the molecule is CCn1cc(N)cc1C(=O)N1CCCCC1CO. The number of aromatic nitrogens is 1. The number of aliphatic hydroxyl groups is 1. The lowest BCUT2D eigenvalue weighted by molar-refractivity contribution is 0.0493. The Morgan fingerprint density at radius 2 is 2.33 bits per heavy atom. The Morgan fingerprint density at radius 3 is 3.00 bits per heavy atom. The molecule has 1 atom stereocenters. The number of hydrogen-bond acceptors (Lipinski definition) is 3. The minimum absolute atomic E-state index is 0.0210. The van der Waals surface area contributed by atoms with E-state index >= 15 is 0 Å². The molecule has 0 aliphatic carbocycles. The van der Waals surface area contributed by atoms with Gasteiger partial charge >= 0.3 is 0 Å². The smallest absolute Gasteiger partial charge is 0.270 e. The van der Waals surface area contributed by atoms with E-state index in [1.807, 2.05) is 11.5 Å². The maximum Gasteiger partial charge on any atom is 0.270 e. The lowest BCUT2D eigenvalue weighted by Gasteiger charge is -2.34. The van der Waals surface area contributed by atoms with E-state index in [9.17, 15) is 9.90 Å². The predicted octanol–water partition coefficient (Wildman–Crippen LogP) is 1.08. The summed E-state index contributed by atoms with van der Waals surface area (Å²) in [7, 11) is 0. The third-order valence-electron chi connectivity index (χ3n) is 3.58. The van der Waals surface area contributed by atoms with Crippen molar-refractivity contribution in [2.75, 3.05) is 18.9 Å². The van der Waals surface area contributed by atoms with Gasteiger partial charge in [-0.3, -0.25) is 4.79 Å². The molecular formula is C13H21N3O2. The molecule has 1 aromatic rings. The summed E-state index contributed by atoms with van der Waals surface area (Å²) in [6, 6.07) is 1.67. The van der Waals surface area contributed by atoms with Gasteiger partial charge in [-0.2, -0.15) is 0 Å². The number of nitrogen functional groups attached to an aromatic ring is 1. The zero-order valence-electron chi connectivity index (χ0n) is 10.8. The highest BCUT2D eigenvalue weighted by atomic mass is 16.3. The Balaban J connectivity index is 2.23. The normalized spacial score (nSPS) is 20.1. The van der Waals surface area contributed by atoms with Gasteiger partial charge in [-0.15, -0.1) is 0 Å². The van der Waals surface area contributed by atoms with Gasteiger partial charge in [-0.25, -0.2) is 0 Å². The molecule has 1 aliphatic heterocycles. The van der Waals surface area contributed by atoms with E-state index in [1.165, 1.54) is 0 Å². The standard InChI is InChI=1S/C13H21N3O2/c1-2-15-8-10(14)7-12(15)13(18)16-6-4-3-5-11(16)9-17/h7-8,11,17H,2-6,9,14H2,1H3. The maximum atomic E-state index is 12.5. The molecule has 18 heavy (non-hydrogen) atoms. The molecule has 3 N–H and O–H groups in total. The molecule has 0 saturated carbocycles. The van der Waals surface area contributed by atoms with Gasteiger partial charge in [-0.05, 0) is 32.3 Å². The summed E-state index contributed by atoms with van der Waals surface area (Å²) in [4.78, 5) is 14.3. The number of rotatable bonds is 3. The number of carbonyl (C=O) groups is 1. The average Bonchev–Trinajstić information content (AvgIpc) is 2.79. The van der Waals surface area contributed by atoms with E-state index in [0.717, 1.165) is 32.4 Å². The average molecular weight is 251 g/mol. The second-order valence-electron chi connectivity index (χ2n) is 4.78. The van der Waals surface area contributed by atoms with Crippen molar-refractivity contribution in [3.8, 4) is 0 Å². The van der Waals surface area contributed by atoms with Crippen molar-refractivity contribution in [1.29, 1.82) is 0 Å². The number of amides is 1. The van der Waals surface area contributed by atoms with Gasteiger partial charge in [-0.1, -0.05) is 0 Å². The molecule has 1 aliphatic rings. The van der Waals surface area contributed by atoms with Gasteiger partial charge in [0.25, 0.3) is 5.91 Å². The van der Waals surface area contributed by atoms with E-state index in [0.29, 0.717) is 11.4 Å². The molecule has 0 spiro atoms. The predicted molar refractivity (Wildman–Crippen MR) is 70.3 cm³/mol. The fourth-order valence-corrected chi connectivity index (χ4v) is 2.58. The van der Waals surface area contributed by atoms with Crippen LogP contribution in [0.25, 0.3) is 0 Å². The highest BCUT2D eigenvalue weighted by Crippen LogP contribution is 2.21. The monoisotopic (exact) mass is 251 g/mol. The number of aryl methyl sites for hydroxylation is 1. The highest BCUT2D eigenvalue weighted by Gasteiger charge is 2.28. The summed E-state index contributed by atoms with van der Waals surface area (Å²) in [5.41, 5.74) is 6.98. The van der Waals surface area contributed by atoms with Crippen LogP contribution in [0.1, 0.15) is 36.7 Å². The molecule has 2 heterocycles. The van der Waals surface area contributed by atoms with E-state index in [1.54, 1.807) is 17.2 Å². The highest BCUT2D eigenvalue weighted by molar-refractivity contribution is 5.94. The fraction of sp³-hybridized carbons (Fsp3) is 0.615. The molecule has 5 nitrogen and oxygen atoms in total. The van der Waals surface area contributed by atoms with Crippen molar-refractivity contribution < 1.29 is 9.90 Å². The number of hydrogen-bond donors (Lipinski definition) is 2. The third kappa shape index (κ3) is 2.36. The fourth-order valence-electron chi connectivity index (χ4n) is 2.58. The molecule has 1 saturated heterocycles. The van der Waals surface area contributed by atoms with Crippen LogP contribution in [-0.4, -0.2) is 39.7 Å². The van der Waals surface area contributed by atoms with E-state index in [4.69, 9.17) is 5.73 Å². The van der Waals surface area contributed by atoms with Crippen LogP contribution in [0.5, 0.6) is 0 Å². The minimum atomic E-state index is -0.0484. The Bertz CT molecular complexity index is 428. The van der Waals surface area contributed by atoms with Crippen molar-refractivity contribution in [2.45, 2.75) is 38.8 Å². The second-order valence-corrected chi connectivity index (χ2v) is 4.78. The lowest BCUT2D eigenvalue weighted by Crippen LogP contribution is -2.46. The summed E-state index contributed by atoms with van der Waals surface area (Å²) >= 11 is 0. The number of aliphatic hydroxyl groups excluding tert-OH is 1. The Labute approximate surface area is 107 Å². The summed E-state index contributed by atoms with van der Waals surface area (Å²) in [6.45, 7) is 3.46. The van der Waals surface area contributed by atoms with Gasteiger partial charge < -0.3 is 20.3 Å². The number of carbonyl (C=O) groups excluding carboxylic acids is 1. The number of nitrogens with zero attached hydrogens (tertiary/aromatic N) is 2. The Morgan fingerprint density at radius 1 is 1.56 bits per heavy atom. The van der Waals surface area contributed by atoms with Crippen LogP contribution in [0.2, 0.25) is 0 Å². The summed E-state index contributed by atoms with van der Waals surface area (Å²) in [6.07, 6.45) is 4.74. The van der Waals surface area contributed by atoms with Gasteiger partial charge in [0.2, 0.25) is 0 Å². The topological polar surface area (TPSA) is 71.5 Å². The first-order valence-corrected chi connectivity index (χ1v) is 6.54. The van der Waals surface area contributed by atoms with Crippen molar-refractivity contribution in [3.05, 3.63) is 18.0 Å². The van der Waals surface area contributed by atoms with Crippen LogP contribution in [0, 0.1) is 0 Å². The number of nitrogens with two attached hydrogens (primary N) is 1. The van der Waals surface area contributed by atoms with Crippen LogP contribution < -0.4 is 5.73 Å². The van der Waals surface area contributed by atoms with Crippen LogP contribution in [-0.2, 0) is 6.54 Å². The zero-order chi connectivity index (χ0) is 13.1. The molecule has 0 radical (unpaired) electrons. The van der Waals surface area contributed by atoms with Crippen LogP contribution >= 0.6 is 0 Å². The molecule has 1 unspecified atom stereocenters. The van der Waals surface area contributed by atoms with Gasteiger partial charge in [0, 0.05) is 19.3 Å². The van der Waals surface area contributed by atoms with Crippen molar-refractivity contribution >= 4 is 11.6 Å². The summed E-state index contributed by atoms with van der Waals surface area (Å²) in [5.74, 6) is -0.0210. The molecule has 2 rings (SSSR count). The van der Waals surface area contributed by atoms with Crippen molar-refractivity contribution in [1.82, 2.24) is 9.47 Å². The Kier molecular flexibility index (Phi) is 3.91. The lowest BCUT2D eigenvalue weighted by atomic mass is 10.0. The molecular weight excluding hydrogens is 230 g/mol. The third-order valence-corrected chi connectivity index (χ3v) is 3.58. The van der Waals surface area contributed by atoms with E-state index in [2.05, 4.69) is 0 Å². The number of piperidine rings is 1. The van der Waals surface area contributed by atoms with Gasteiger partial charge in [0.15, 0.2) is 0 Å². The maximum absolute atomic E-state index is 12.5. The van der Waals surface area contributed by atoms with Gasteiger partial charge in [0.1, 0.15) is 5.69 Å². The minimum Gasteiger partial charge on any atom is -0.397 e. The number of likely N-dealkylation sites (tertiary alicyclic amines) is 1. The molecule has 0 aromatic carbocycles. The number of anilines is 1. The van der Waals surface area contributed by atoms with Crippen LogP contribution in [0.3, 0.4) is 0 Å². The first-order valence-electron chi connectivity index (χ1n) is 6.54. The van der Waals surface area contributed by atoms with Crippen LogP contribution in [0.4, 0.5) is 5.69 Å². The van der Waals surface area contributed by atoms with E-state index in [-0.39, 0.29) is 18.6 Å². The summed E-state index contributed by atoms with van der Waals surface area (Å²) in [5, 5.41) is 9.36. The van der Waals surface area contributed by atoms with Crippen molar-refractivity contribution in [3.63, 3.8) is 0 Å². The molecule has 100 valence electrons. The van der Waals surface area contributed by atoms with Gasteiger partial charge in [0.05, 0.1) is 18.3 Å². The van der Waals surface area contributed by atoms with Crippen molar-refractivity contribution in [2.24, 2.45) is 0 Å². The molecule has 0 bridgehead atoms. The quantitative estimate of drug-likeness (QED) is 0.844. The van der Waals surface area contributed by atoms with E-state index < -0.39 is 0 Å². The Hall–Kier alpha value is -1.49. The molecule has 1 amide bonds. The second kappa shape index (κ2) is 5.44. The van der Waals surface area contributed by atoms with Crippen LogP contribution in [0.15, 0.2) is 12.3 Å². The first kappa shape index (κ1) is 13.0. The largest absolute Gasteiger partial charge is 0.397 e. The molecule has 1 aromatic heterocycles. The summed E-state index contributed by atoms with van der Waals surface area (Å²) < 4.78 is 1.86. The molecule has 1 fully saturated rings.